The van der Waals surface area contributed by atoms with E-state index in [0.717, 1.165) is 6.42 Å². The van der Waals surface area contributed by atoms with Crippen LogP contribution < -0.4 is 113 Å². The normalized spacial score (nSPS) is 9.26. The average molecular weight is 535 g/mol. The zero-order valence-corrected chi connectivity index (χ0v) is 28.6. The Morgan fingerprint density at radius 1 is 0.794 bits per heavy atom. The topological polar surface area (TPSA) is 173 Å². The number of nitrogens with zero attached hydrogens (tertiary/aromatic N) is 2. The fraction of sp³-hybridized carbons (Fsp3) is 0.682. The third kappa shape index (κ3) is 42.3. The molecular weight excluding hydrogens is 498 g/mol. The van der Waals surface area contributed by atoms with Crippen molar-refractivity contribution in [1.29, 1.82) is 10.5 Å². The van der Waals surface area contributed by atoms with Gasteiger partial charge in [0.1, 0.15) is 0 Å². The van der Waals surface area contributed by atoms with E-state index in [1.54, 1.807) is 54.5 Å². The summed E-state index contributed by atoms with van der Waals surface area (Å²) in [7, 11) is 0. The first-order chi connectivity index (χ1) is 14.8. The SMILES string of the molecule is CC(C)(C)[O-].CCCC#N.CCOC(=O)/C([O-])=C(\C#N)CC.CCOC(=O)C(=O)OCC.[K+].[K+]. The van der Waals surface area contributed by atoms with Gasteiger partial charge in [-0.1, -0.05) is 34.6 Å². The first kappa shape index (κ1) is 47.4. The number of ether oxygens (including phenoxy) is 3. The Balaban J connectivity index is -0.0000000806. The van der Waals surface area contributed by atoms with Gasteiger partial charge in [0.05, 0.1) is 32.0 Å². The predicted octanol–water partition coefficient (Wildman–Crippen LogP) is -4.33. The fourth-order valence-electron chi connectivity index (χ4n) is 1.10. The first-order valence-electron chi connectivity index (χ1n) is 10.2. The van der Waals surface area contributed by atoms with Gasteiger partial charge in [0.15, 0.2) is 0 Å². The molecule has 0 N–H and O–H groups in total. The number of hydrogen-bond acceptors (Lipinski definition) is 10. The molecule has 0 spiro atoms. The molecule has 0 unspecified atom stereocenters. The van der Waals surface area contributed by atoms with Crippen LogP contribution in [0, 0.1) is 22.7 Å². The van der Waals surface area contributed by atoms with Gasteiger partial charge in [-0.25, -0.2) is 14.4 Å². The van der Waals surface area contributed by atoms with Gasteiger partial charge in [0, 0.05) is 12.0 Å². The van der Waals surface area contributed by atoms with Crippen LogP contribution in [0.15, 0.2) is 11.3 Å². The van der Waals surface area contributed by atoms with Gasteiger partial charge in [-0.15, -0.1) is 5.60 Å². The van der Waals surface area contributed by atoms with Crippen LogP contribution in [0.4, 0.5) is 0 Å². The molecule has 10 nitrogen and oxygen atoms in total. The van der Waals surface area contributed by atoms with E-state index in [4.69, 9.17) is 10.5 Å². The van der Waals surface area contributed by atoms with E-state index in [0.29, 0.717) is 6.42 Å². The maximum absolute atomic E-state index is 11.0. The Hall–Kier alpha value is 0.163. The molecule has 0 radical (unpaired) electrons. The van der Waals surface area contributed by atoms with Gasteiger partial charge in [-0.2, -0.15) is 10.5 Å². The van der Waals surface area contributed by atoms with Crippen molar-refractivity contribution >= 4 is 17.9 Å². The van der Waals surface area contributed by atoms with Crippen LogP contribution in [0.3, 0.4) is 0 Å². The summed E-state index contributed by atoms with van der Waals surface area (Å²) in [6.45, 7) is 13.9. The smallest absolute Gasteiger partial charge is 0.867 e. The third-order valence-corrected chi connectivity index (χ3v) is 2.30. The number of nitriles is 2. The molecule has 184 valence electrons. The number of carbonyl (C=O) groups excluding carboxylic acids is 3. The van der Waals surface area contributed by atoms with Gasteiger partial charge in [-0.05, 0) is 39.4 Å². The average Bonchev–Trinajstić information content (AvgIpc) is 2.69. The second kappa shape index (κ2) is 33.2. The zero-order chi connectivity index (χ0) is 26.2. The van der Waals surface area contributed by atoms with Crippen LogP contribution in [0.25, 0.3) is 0 Å². The largest absolute Gasteiger partial charge is 1.00 e. The molecule has 0 aliphatic rings. The minimum Gasteiger partial charge on any atom is -0.867 e. The minimum atomic E-state index is -0.948. The standard InChI is InChI=1S/C8H11NO3.C6H10O4.C4H7N.C4H9O.2K/c1-3-6(5-9)7(10)8(11)12-4-2;1-3-9-5(7)6(8)10-4-2;1-2-3-4-5;1-4(2,3)5;;/h10H,3-4H2,1-2H3;3-4H2,1-2H3;2-3H2,1H3;1-3H3;;/q;;;-1;2*+1/p-1/b7-6+;;;;;. The summed E-state index contributed by atoms with van der Waals surface area (Å²) in [5.74, 6) is -3.63. The summed E-state index contributed by atoms with van der Waals surface area (Å²) in [5.41, 5.74) is -0.812. The van der Waals surface area contributed by atoms with Crippen molar-refractivity contribution in [2.24, 2.45) is 0 Å². The maximum atomic E-state index is 11.0. The molecule has 12 heteroatoms. The van der Waals surface area contributed by atoms with E-state index in [9.17, 15) is 24.6 Å². The van der Waals surface area contributed by atoms with Crippen LogP contribution in [-0.4, -0.2) is 43.3 Å². The van der Waals surface area contributed by atoms with Crippen molar-refractivity contribution in [2.75, 3.05) is 19.8 Å². The summed E-state index contributed by atoms with van der Waals surface area (Å²) in [6.07, 6.45) is 1.94. The van der Waals surface area contributed by atoms with E-state index < -0.39 is 29.3 Å². The molecule has 0 heterocycles. The molecule has 0 fully saturated rings. The van der Waals surface area contributed by atoms with E-state index in [2.05, 4.69) is 14.2 Å². The summed E-state index contributed by atoms with van der Waals surface area (Å²) in [5, 5.41) is 37.3. The molecule has 0 amide bonds. The maximum Gasteiger partial charge on any atom is 1.00 e. The third-order valence-electron chi connectivity index (χ3n) is 2.30. The number of esters is 3. The van der Waals surface area contributed by atoms with Crippen molar-refractivity contribution < 1.29 is 142 Å². The first-order valence-corrected chi connectivity index (χ1v) is 10.2. The van der Waals surface area contributed by atoms with Crippen molar-refractivity contribution in [3.05, 3.63) is 11.3 Å². The summed E-state index contributed by atoms with van der Waals surface area (Å²) >= 11 is 0. The molecular formula is C22H36K2N2O8. The Labute approximate surface area is 289 Å². The van der Waals surface area contributed by atoms with E-state index >= 15 is 0 Å². The number of allylic oxidation sites excluding steroid dienone is 1. The van der Waals surface area contributed by atoms with Crippen LogP contribution >= 0.6 is 0 Å². The molecule has 0 bridgehead atoms. The summed E-state index contributed by atoms with van der Waals surface area (Å²) in [4.78, 5) is 31.6. The van der Waals surface area contributed by atoms with Crippen molar-refractivity contribution in [1.82, 2.24) is 0 Å². The Bertz CT molecular complexity index is 627. The Kier molecular flexibility index (Phi) is 46.2. The second-order valence-corrected chi connectivity index (χ2v) is 6.45. The molecule has 0 aromatic carbocycles. The van der Waals surface area contributed by atoms with E-state index in [1.165, 1.54) is 0 Å². The molecule has 0 aromatic rings. The van der Waals surface area contributed by atoms with E-state index in [1.807, 2.05) is 13.0 Å². The zero-order valence-electron chi connectivity index (χ0n) is 22.4. The minimum absolute atomic E-state index is 0. The number of carbonyl (C=O) groups is 3. The molecule has 0 aliphatic carbocycles. The summed E-state index contributed by atoms with van der Waals surface area (Å²) in [6, 6.07) is 3.67. The predicted molar refractivity (Wildman–Crippen MR) is 113 cm³/mol. The van der Waals surface area contributed by atoms with Crippen molar-refractivity contribution in [3.63, 3.8) is 0 Å². The van der Waals surface area contributed by atoms with Gasteiger partial charge in [0.25, 0.3) is 0 Å². The molecule has 0 saturated carbocycles. The van der Waals surface area contributed by atoms with Crippen LogP contribution in [0.1, 0.15) is 74.7 Å². The van der Waals surface area contributed by atoms with Crippen LogP contribution in [0.2, 0.25) is 0 Å². The van der Waals surface area contributed by atoms with Crippen molar-refractivity contribution in [2.45, 2.75) is 80.3 Å². The van der Waals surface area contributed by atoms with Gasteiger partial charge < -0.3 is 24.4 Å². The Morgan fingerprint density at radius 3 is 1.29 bits per heavy atom. The number of rotatable bonds is 6. The molecule has 0 rings (SSSR count). The second-order valence-electron chi connectivity index (χ2n) is 6.45. The van der Waals surface area contributed by atoms with E-state index in [-0.39, 0.29) is 135 Å². The molecule has 0 aromatic heterocycles. The summed E-state index contributed by atoms with van der Waals surface area (Å²) < 4.78 is 13.1. The van der Waals surface area contributed by atoms with Crippen molar-refractivity contribution in [3.8, 4) is 12.1 Å². The van der Waals surface area contributed by atoms with Crippen LogP contribution in [-0.2, 0) is 28.6 Å². The van der Waals surface area contributed by atoms with Gasteiger partial charge >= 0.3 is 121 Å². The fourth-order valence-corrected chi connectivity index (χ4v) is 1.10. The quantitative estimate of drug-likeness (QED) is 0.0617. The number of hydrogen-bond donors (Lipinski definition) is 0. The monoisotopic (exact) mass is 534 g/mol. The molecule has 34 heavy (non-hydrogen) atoms. The molecule has 0 aliphatic heterocycles. The Morgan fingerprint density at radius 2 is 1.12 bits per heavy atom. The molecule has 0 atom stereocenters. The molecule has 0 saturated heterocycles. The number of unbranched alkanes of at least 4 members (excludes halogenated alkanes) is 1. The van der Waals surface area contributed by atoms with Gasteiger partial charge in [-0.3, -0.25) is 0 Å². The van der Waals surface area contributed by atoms with Crippen LogP contribution in [0.5, 0.6) is 0 Å². The van der Waals surface area contributed by atoms with Gasteiger partial charge in [0.2, 0.25) is 0 Å².